The van der Waals surface area contributed by atoms with Gasteiger partial charge >= 0.3 is 0 Å². The first-order valence-electron chi connectivity index (χ1n) is 4.50. The molecule has 0 aliphatic carbocycles. The van der Waals surface area contributed by atoms with Gasteiger partial charge in [0.25, 0.3) is 0 Å². The Hall–Kier alpha value is 1.49. The number of aryl methyl sites for hydroxylation is 2. The molecular formula is C11H28Br4NOP. The van der Waals surface area contributed by atoms with Crippen molar-refractivity contribution >= 4 is 77.2 Å². The highest BCUT2D eigenvalue weighted by atomic mass is 79.9. The van der Waals surface area contributed by atoms with Gasteiger partial charge in [0, 0.05) is 0 Å². The van der Waals surface area contributed by atoms with Crippen LogP contribution in [0.1, 0.15) is 25.0 Å². The van der Waals surface area contributed by atoms with Crippen LogP contribution < -0.4 is 6.15 Å². The zero-order chi connectivity index (χ0) is 9.40. The summed E-state index contributed by atoms with van der Waals surface area (Å²) in [6, 6.07) is 8.49. The van der Waals surface area contributed by atoms with Gasteiger partial charge in [-0.05, 0) is 30.6 Å². The molecule has 18 heavy (non-hydrogen) atoms. The Kier molecular flexibility index (Phi) is 73.8. The highest BCUT2D eigenvalue weighted by Crippen LogP contribution is 2.06. The Morgan fingerprint density at radius 3 is 1.50 bits per heavy atom. The van der Waals surface area contributed by atoms with Gasteiger partial charge in [0.05, 0.1) is 0 Å². The third kappa shape index (κ3) is 22.7. The lowest BCUT2D eigenvalue weighted by molar-refractivity contribution is 0.824. The topological polar surface area (TPSA) is 66.5 Å². The fourth-order valence-corrected chi connectivity index (χ4v) is 1.01. The van der Waals surface area contributed by atoms with Crippen LogP contribution in [0.4, 0.5) is 0 Å². The summed E-state index contributed by atoms with van der Waals surface area (Å²) < 4.78 is 0. The maximum Gasteiger partial charge on any atom is -0.0305 e. The summed E-state index contributed by atoms with van der Waals surface area (Å²) in [5.74, 6) is 0. The van der Waals surface area contributed by atoms with Crippen LogP contribution in [0.15, 0.2) is 24.3 Å². The Morgan fingerprint density at radius 2 is 1.28 bits per heavy atom. The van der Waals surface area contributed by atoms with E-state index in [0.29, 0.717) is 0 Å². The second-order valence-corrected chi connectivity index (χ2v) is 3.50. The summed E-state index contributed by atoms with van der Waals surface area (Å²) in [4.78, 5) is 0. The minimum absolute atomic E-state index is 0. The molecule has 0 aliphatic heterocycles. The van der Waals surface area contributed by atoms with Gasteiger partial charge in [0.1, 0.15) is 0 Å². The van der Waals surface area contributed by atoms with Gasteiger partial charge in [-0.15, -0.1) is 77.2 Å². The van der Waals surface area contributed by atoms with Crippen LogP contribution in [-0.4, -0.2) is 11.6 Å². The average Bonchev–Trinajstić information content (AvgIpc) is 2.07. The minimum Gasteiger partial charge on any atom is -0.412 e. The van der Waals surface area contributed by atoms with Gasteiger partial charge in [-0.1, -0.05) is 38.1 Å². The number of benzene rings is 1. The van der Waals surface area contributed by atoms with Crippen LogP contribution in [0.3, 0.4) is 0 Å². The molecule has 1 atom stereocenters. The average molecular weight is 541 g/mol. The van der Waals surface area contributed by atoms with Crippen LogP contribution in [0.2, 0.25) is 0 Å². The van der Waals surface area contributed by atoms with Crippen molar-refractivity contribution in [3.63, 3.8) is 0 Å². The van der Waals surface area contributed by atoms with Crippen molar-refractivity contribution in [1.29, 1.82) is 0 Å². The van der Waals surface area contributed by atoms with Crippen molar-refractivity contribution in [2.24, 2.45) is 0 Å². The molecule has 0 spiro atoms. The largest absolute Gasteiger partial charge is 0.412 e. The molecule has 1 aromatic carbocycles. The summed E-state index contributed by atoms with van der Waals surface area (Å²) in [6.07, 6.45) is 2.31. The molecule has 1 aromatic rings. The molecule has 1 rings (SSSR count). The SMILES string of the molecule is Br.Br.Br.Br.CCP.CCc1ccccc1C.N.O. The van der Waals surface area contributed by atoms with Crippen molar-refractivity contribution in [3.05, 3.63) is 35.4 Å². The Bertz CT molecular complexity index is 230. The number of hydrogen-bond donors (Lipinski definition) is 1. The first-order chi connectivity index (χ1) is 5.76. The molecule has 0 amide bonds. The molecule has 0 saturated heterocycles. The van der Waals surface area contributed by atoms with Crippen LogP contribution >= 0.6 is 77.2 Å². The lowest BCUT2D eigenvalue weighted by Crippen LogP contribution is -1.82. The van der Waals surface area contributed by atoms with Crippen LogP contribution in [0.25, 0.3) is 0 Å². The van der Waals surface area contributed by atoms with Crippen molar-refractivity contribution in [2.45, 2.75) is 27.2 Å². The first kappa shape index (κ1) is 42.7. The second kappa shape index (κ2) is 31.1. The van der Waals surface area contributed by atoms with Gasteiger partial charge in [-0.3, -0.25) is 0 Å². The zero-order valence-electron chi connectivity index (χ0n) is 11.1. The molecule has 0 saturated carbocycles. The molecule has 0 aliphatic rings. The van der Waals surface area contributed by atoms with Crippen molar-refractivity contribution < 1.29 is 5.48 Å². The standard InChI is InChI=1S/C9H12.C2H7P.4BrH.H3N.H2O/c1-3-9-7-5-4-6-8(9)2;1-2-3;;;;;;/h4-7H,3H2,1-2H3;2-3H2,1H3;4*1H;1H3;1H2. The normalized spacial score (nSPS) is 5.78. The molecule has 116 valence electrons. The van der Waals surface area contributed by atoms with E-state index in [4.69, 9.17) is 0 Å². The van der Waals surface area contributed by atoms with Gasteiger partial charge in [-0.2, -0.15) is 0 Å². The van der Waals surface area contributed by atoms with E-state index in [1.807, 2.05) is 0 Å². The summed E-state index contributed by atoms with van der Waals surface area (Å²) in [5, 5.41) is 0. The molecule has 0 fully saturated rings. The van der Waals surface area contributed by atoms with E-state index >= 15 is 0 Å². The van der Waals surface area contributed by atoms with Gasteiger partial charge in [0.2, 0.25) is 0 Å². The summed E-state index contributed by atoms with van der Waals surface area (Å²) in [7, 11) is 2.58. The highest BCUT2D eigenvalue weighted by Gasteiger charge is 1.89. The molecule has 0 heterocycles. The number of hydrogen-bond acceptors (Lipinski definition) is 1. The van der Waals surface area contributed by atoms with Crippen molar-refractivity contribution in [1.82, 2.24) is 6.15 Å². The summed E-state index contributed by atoms with van der Waals surface area (Å²) >= 11 is 0. The highest BCUT2D eigenvalue weighted by molar-refractivity contribution is 8.93. The fraction of sp³-hybridized carbons (Fsp3) is 0.455. The third-order valence-corrected chi connectivity index (χ3v) is 1.64. The van der Waals surface area contributed by atoms with E-state index in [-0.39, 0.29) is 79.6 Å². The monoisotopic (exact) mass is 537 g/mol. The third-order valence-electron chi connectivity index (χ3n) is 1.64. The quantitative estimate of drug-likeness (QED) is 0.496. The van der Waals surface area contributed by atoms with E-state index in [1.54, 1.807) is 0 Å². The minimum atomic E-state index is 0. The van der Waals surface area contributed by atoms with E-state index in [9.17, 15) is 0 Å². The molecule has 0 radical (unpaired) electrons. The molecular weight excluding hydrogens is 513 g/mol. The first-order valence-corrected chi connectivity index (χ1v) is 5.32. The number of halogens is 4. The smallest absolute Gasteiger partial charge is 0.0305 e. The maximum absolute atomic E-state index is 2.58. The van der Waals surface area contributed by atoms with Crippen LogP contribution in [0, 0.1) is 6.92 Å². The Labute approximate surface area is 156 Å². The lowest BCUT2D eigenvalue weighted by atomic mass is 10.1. The second-order valence-electron chi connectivity index (χ2n) is 2.69. The lowest BCUT2D eigenvalue weighted by Gasteiger charge is -1.98. The van der Waals surface area contributed by atoms with Crippen LogP contribution in [0.5, 0.6) is 0 Å². The van der Waals surface area contributed by atoms with Gasteiger partial charge in [-0.25, -0.2) is 0 Å². The predicted molar refractivity (Wildman–Crippen MR) is 111 cm³/mol. The molecule has 2 nitrogen and oxygen atoms in total. The fourth-order valence-electron chi connectivity index (χ4n) is 1.01. The summed E-state index contributed by atoms with van der Waals surface area (Å²) in [5.41, 5.74) is 2.86. The van der Waals surface area contributed by atoms with Crippen LogP contribution in [-0.2, 0) is 6.42 Å². The van der Waals surface area contributed by atoms with E-state index < -0.39 is 0 Å². The Morgan fingerprint density at radius 1 is 0.944 bits per heavy atom. The molecule has 1 unspecified atom stereocenters. The summed E-state index contributed by atoms with van der Waals surface area (Å²) in [6.45, 7) is 6.42. The van der Waals surface area contributed by atoms with Crippen molar-refractivity contribution in [2.75, 3.05) is 6.16 Å². The van der Waals surface area contributed by atoms with E-state index in [0.717, 1.165) is 6.42 Å². The maximum atomic E-state index is 2.58. The van der Waals surface area contributed by atoms with E-state index in [2.05, 4.69) is 54.3 Å². The number of rotatable bonds is 1. The van der Waals surface area contributed by atoms with E-state index in [1.165, 1.54) is 17.3 Å². The van der Waals surface area contributed by atoms with Gasteiger partial charge in [0.15, 0.2) is 0 Å². The zero-order valence-corrected chi connectivity index (χ0v) is 19.1. The predicted octanol–water partition coefficient (Wildman–Crippen LogP) is 5.09. The molecule has 0 bridgehead atoms. The van der Waals surface area contributed by atoms with Gasteiger partial charge < -0.3 is 11.6 Å². The molecule has 5 N–H and O–H groups in total. The van der Waals surface area contributed by atoms with Crippen molar-refractivity contribution in [3.8, 4) is 0 Å². The Balaban J connectivity index is -0.0000000249. The molecule has 7 heteroatoms. The molecule has 0 aromatic heterocycles.